The van der Waals surface area contributed by atoms with E-state index in [1.807, 2.05) is 0 Å². The predicted octanol–water partition coefficient (Wildman–Crippen LogP) is 2.78. The monoisotopic (exact) mass is 451 g/mol. The van der Waals surface area contributed by atoms with Gasteiger partial charge in [-0.1, -0.05) is 0 Å². The molecule has 10 heteroatoms. The van der Waals surface area contributed by atoms with Gasteiger partial charge in [-0.15, -0.1) is 0 Å². The molecule has 1 saturated heterocycles. The van der Waals surface area contributed by atoms with Crippen LogP contribution >= 0.6 is 0 Å². The van der Waals surface area contributed by atoms with Gasteiger partial charge in [0.25, 0.3) is 5.91 Å². The van der Waals surface area contributed by atoms with Gasteiger partial charge >= 0.3 is 6.09 Å². The number of nitriles is 1. The van der Waals surface area contributed by atoms with Crippen LogP contribution in [-0.4, -0.2) is 46.2 Å². The summed E-state index contributed by atoms with van der Waals surface area (Å²) < 4.78 is 5.35. The second-order valence-corrected chi connectivity index (χ2v) is 9.27. The van der Waals surface area contributed by atoms with Gasteiger partial charge in [0.1, 0.15) is 17.5 Å². The number of rotatable bonds is 4. The number of aliphatic hydroxyl groups excluding tert-OH is 1. The maximum atomic E-state index is 12.4. The third-order valence-electron chi connectivity index (χ3n) is 5.49. The smallest absolute Gasteiger partial charge is 0.412 e. The minimum atomic E-state index is -1.07. The molecule has 4 rings (SSSR count). The van der Waals surface area contributed by atoms with Crippen LogP contribution in [0.4, 0.5) is 22.0 Å². The zero-order valence-electron chi connectivity index (χ0n) is 18.6. The fraction of sp³-hybridized carbons (Fsp3) is 0.435. The first kappa shape index (κ1) is 22.5. The number of ether oxygens (including phenoxy) is 1. The quantitative estimate of drug-likeness (QED) is 0.648. The molecule has 0 bridgehead atoms. The van der Waals surface area contributed by atoms with Crippen molar-refractivity contribution in [1.29, 1.82) is 5.26 Å². The second kappa shape index (κ2) is 8.33. The number of hydrogen-bond acceptors (Lipinski definition) is 7. The molecule has 3 amide bonds. The highest BCUT2D eigenvalue weighted by Gasteiger charge is 2.43. The number of aromatic nitrogens is 1. The standard InChI is InChI=1S/C23H25N5O5/c1-23(2,3)33-22(32)26-17-9-14(28-5-4-18(29)21(28)31)6-12-8-19(25-11-16(12)17)27-20(30)15-7-13(15)10-24/h6,8-9,11,13,15,18,29H,4-5,7H2,1-3H3,(H,26,32)(H,25,27,30)/t13?,15?,18-/m1/s1. The summed E-state index contributed by atoms with van der Waals surface area (Å²) >= 11 is 0. The molecular formula is C23H25N5O5. The fourth-order valence-electron chi connectivity index (χ4n) is 3.75. The van der Waals surface area contributed by atoms with Gasteiger partial charge in [0.15, 0.2) is 0 Å². The molecule has 2 aromatic rings. The number of carbonyl (C=O) groups excluding carboxylic acids is 3. The van der Waals surface area contributed by atoms with Crippen LogP contribution < -0.4 is 15.5 Å². The molecule has 3 atom stereocenters. The summed E-state index contributed by atoms with van der Waals surface area (Å²) in [5.41, 5.74) is 0.167. The average Bonchev–Trinajstić information content (AvgIpc) is 3.45. The van der Waals surface area contributed by atoms with E-state index in [0.717, 1.165) is 0 Å². The first-order valence-corrected chi connectivity index (χ1v) is 10.7. The van der Waals surface area contributed by atoms with E-state index in [9.17, 15) is 19.5 Å². The van der Waals surface area contributed by atoms with Gasteiger partial charge in [-0.05, 0) is 50.8 Å². The van der Waals surface area contributed by atoms with Crippen LogP contribution in [0.25, 0.3) is 10.8 Å². The Balaban J connectivity index is 1.68. The van der Waals surface area contributed by atoms with Crippen LogP contribution in [0.2, 0.25) is 0 Å². The summed E-state index contributed by atoms with van der Waals surface area (Å²) in [7, 11) is 0. The van der Waals surface area contributed by atoms with Crippen molar-refractivity contribution in [2.75, 3.05) is 22.1 Å². The number of nitrogens with zero attached hydrogens (tertiary/aromatic N) is 3. The third kappa shape index (κ3) is 4.88. The Morgan fingerprint density at radius 2 is 2.03 bits per heavy atom. The lowest BCUT2D eigenvalue weighted by Crippen LogP contribution is -2.29. The minimum Gasteiger partial charge on any atom is -0.444 e. The largest absolute Gasteiger partial charge is 0.444 e. The number of benzene rings is 1. The number of pyridine rings is 1. The number of aliphatic hydroxyl groups is 1. The second-order valence-electron chi connectivity index (χ2n) is 9.27. The molecule has 2 fully saturated rings. The average molecular weight is 451 g/mol. The molecule has 1 aromatic carbocycles. The van der Waals surface area contributed by atoms with E-state index in [1.165, 1.54) is 11.1 Å². The number of nitrogens with one attached hydrogen (secondary N) is 2. The topological polar surface area (TPSA) is 145 Å². The van der Waals surface area contributed by atoms with Gasteiger partial charge in [0.05, 0.1) is 23.6 Å². The Morgan fingerprint density at radius 3 is 2.64 bits per heavy atom. The number of fused-ring (bicyclic) bond motifs is 1. The number of carbonyl (C=O) groups is 3. The molecule has 2 heterocycles. The van der Waals surface area contributed by atoms with Crippen molar-refractivity contribution < 1.29 is 24.2 Å². The van der Waals surface area contributed by atoms with E-state index in [1.54, 1.807) is 39.0 Å². The van der Waals surface area contributed by atoms with Crippen LogP contribution in [0.5, 0.6) is 0 Å². The van der Waals surface area contributed by atoms with Gasteiger partial charge in [-0.3, -0.25) is 14.9 Å². The summed E-state index contributed by atoms with van der Waals surface area (Å²) in [6, 6.07) is 7.08. The van der Waals surface area contributed by atoms with Crippen molar-refractivity contribution in [3.8, 4) is 6.07 Å². The van der Waals surface area contributed by atoms with Crippen LogP contribution in [-0.2, 0) is 14.3 Å². The van der Waals surface area contributed by atoms with E-state index in [-0.39, 0.29) is 17.7 Å². The maximum absolute atomic E-state index is 12.4. The molecule has 1 aliphatic carbocycles. The Kier molecular flexibility index (Phi) is 5.68. The highest BCUT2D eigenvalue weighted by atomic mass is 16.6. The van der Waals surface area contributed by atoms with E-state index < -0.39 is 23.7 Å². The summed E-state index contributed by atoms with van der Waals surface area (Å²) in [5, 5.41) is 25.4. The highest BCUT2D eigenvalue weighted by molar-refractivity contribution is 6.07. The maximum Gasteiger partial charge on any atom is 0.412 e. The normalized spacial score (nSPS) is 22.1. The van der Waals surface area contributed by atoms with E-state index in [2.05, 4.69) is 21.7 Å². The van der Waals surface area contributed by atoms with E-state index in [0.29, 0.717) is 47.4 Å². The molecule has 1 saturated carbocycles. The third-order valence-corrected chi connectivity index (χ3v) is 5.49. The molecule has 3 N–H and O–H groups in total. The Morgan fingerprint density at radius 1 is 1.27 bits per heavy atom. The summed E-state index contributed by atoms with van der Waals surface area (Å²) in [5.74, 6) is -1.00. The molecule has 172 valence electrons. The molecule has 10 nitrogen and oxygen atoms in total. The van der Waals surface area contributed by atoms with Crippen LogP contribution in [0.15, 0.2) is 24.4 Å². The van der Waals surface area contributed by atoms with Gasteiger partial charge in [-0.25, -0.2) is 9.78 Å². The molecule has 1 aromatic heterocycles. The molecule has 2 aliphatic rings. The van der Waals surface area contributed by atoms with Crippen LogP contribution in [0.3, 0.4) is 0 Å². The summed E-state index contributed by atoms with van der Waals surface area (Å²) in [4.78, 5) is 42.9. The van der Waals surface area contributed by atoms with E-state index in [4.69, 9.17) is 10.00 Å². The highest BCUT2D eigenvalue weighted by Crippen LogP contribution is 2.39. The van der Waals surface area contributed by atoms with Crippen molar-refractivity contribution in [2.24, 2.45) is 11.8 Å². The molecule has 1 aliphatic heterocycles. The molecule has 0 spiro atoms. The minimum absolute atomic E-state index is 0.269. The first-order valence-electron chi connectivity index (χ1n) is 10.7. The SMILES string of the molecule is CC(C)(C)OC(=O)Nc1cc(N2CC[C@@H](O)C2=O)cc2cc(NC(=O)C3CC3C#N)ncc12. The Bertz CT molecular complexity index is 1180. The van der Waals surface area contributed by atoms with Gasteiger partial charge in [0, 0.05) is 30.2 Å². The van der Waals surface area contributed by atoms with Crippen molar-refractivity contribution in [3.63, 3.8) is 0 Å². The zero-order chi connectivity index (χ0) is 23.9. The summed E-state index contributed by atoms with van der Waals surface area (Å²) in [6.45, 7) is 5.58. The summed E-state index contributed by atoms with van der Waals surface area (Å²) in [6.07, 6.45) is 0.620. The lowest BCUT2D eigenvalue weighted by molar-refractivity contribution is -0.124. The van der Waals surface area contributed by atoms with Gasteiger partial charge < -0.3 is 20.1 Å². The molecular weight excluding hydrogens is 426 g/mol. The van der Waals surface area contributed by atoms with Crippen molar-refractivity contribution >= 4 is 45.9 Å². The zero-order valence-corrected chi connectivity index (χ0v) is 18.6. The first-order chi connectivity index (χ1) is 15.6. The van der Waals surface area contributed by atoms with Crippen molar-refractivity contribution in [3.05, 3.63) is 24.4 Å². The van der Waals surface area contributed by atoms with E-state index >= 15 is 0 Å². The Hall–Kier alpha value is -3.71. The fourth-order valence-corrected chi connectivity index (χ4v) is 3.75. The van der Waals surface area contributed by atoms with Crippen molar-refractivity contribution in [1.82, 2.24) is 4.98 Å². The lowest BCUT2D eigenvalue weighted by atomic mass is 10.1. The molecule has 0 radical (unpaired) electrons. The van der Waals surface area contributed by atoms with Crippen molar-refractivity contribution in [2.45, 2.75) is 45.3 Å². The van der Waals surface area contributed by atoms with Gasteiger partial charge in [-0.2, -0.15) is 5.26 Å². The molecule has 33 heavy (non-hydrogen) atoms. The predicted molar refractivity (Wildman–Crippen MR) is 120 cm³/mol. The van der Waals surface area contributed by atoms with Crippen LogP contribution in [0, 0.1) is 23.2 Å². The number of amides is 3. The molecule has 2 unspecified atom stereocenters. The lowest BCUT2D eigenvalue weighted by Gasteiger charge is -2.22. The number of anilines is 3. The number of hydrogen-bond donors (Lipinski definition) is 3. The Labute approximate surface area is 190 Å². The van der Waals surface area contributed by atoms with Crippen LogP contribution in [0.1, 0.15) is 33.6 Å². The van der Waals surface area contributed by atoms with Gasteiger partial charge in [0.2, 0.25) is 5.91 Å².